The molecule has 0 aliphatic heterocycles. The Bertz CT molecular complexity index is 630. The van der Waals surface area contributed by atoms with Gasteiger partial charge in [0.15, 0.2) is 0 Å². The molecule has 0 saturated carbocycles. The van der Waals surface area contributed by atoms with Gasteiger partial charge in [0, 0.05) is 6.20 Å². The van der Waals surface area contributed by atoms with Crippen molar-refractivity contribution >= 4 is 21.6 Å². The Hall–Kier alpha value is -1.94. The number of para-hydroxylation sites is 1. The second-order valence-electron chi connectivity index (χ2n) is 3.55. The predicted octanol–water partition coefficient (Wildman–Crippen LogP) is 3.37. The highest BCUT2D eigenvalue weighted by Crippen LogP contribution is 2.33. The van der Waals surface area contributed by atoms with E-state index in [1.54, 1.807) is 24.6 Å². The van der Waals surface area contributed by atoms with Crippen molar-refractivity contribution in [1.82, 2.24) is 9.97 Å². The minimum atomic E-state index is 0.617. The maximum atomic E-state index is 5.25. The lowest BCUT2D eigenvalue weighted by atomic mass is 10.3. The van der Waals surface area contributed by atoms with Crippen LogP contribution < -0.4 is 4.74 Å². The van der Waals surface area contributed by atoms with Crippen molar-refractivity contribution in [2.75, 3.05) is 7.11 Å². The zero-order valence-electron chi connectivity index (χ0n) is 9.25. The van der Waals surface area contributed by atoms with E-state index in [9.17, 15) is 0 Å². The van der Waals surface area contributed by atoms with Gasteiger partial charge in [0.25, 0.3) is 0 Å². The van der Waals surface area contributed by atoms with Crippen LogP contribution in [0.1, 0.15) is 0 Å². The van der Waals surface area contributed by atoms with Crippen LogP contribution in [0.2, 0.25) is 0 Å². The molecule has 0 fully saturated rings. The fraction of sp³-hybridized carbons (Fsp3) is 0.0769. The van der Waals surface area contributed by atoms with Crippen LogP contribution in [0.5, 0.6) is 5.88 Å². The first-order valence-corrected chi connectivity index (χ1v) is 6.05. The van der Waals surface area contributed by atoms with E-state index in [1.807, 2.05) is 30.3 Å². The molecule has 0 aliphatic rings. The summed E-state index contributed by atoms with van der Waals surface area (Å²) in [6.45, 7) is 0. The second-order valence-corrected chi connectivity index (χ2v) is 4.58. The third-order valence-electron chi connectivity index (χ3n) is 2.49. The van der Waals surface area contributed by atoms with Crippen LogP contribution >= 0.6 is 11.3 Å². The van der Waals surface area contributed by atoms with Crippen LogP contribution in [0.4, 0.5) is 0 Å². The molecule has 2 aromatic heterocycles. The number of hydrogen-bond acceptors (Lipinski definition) is 4. The van der Waals surface area contributed by atoms with Gasteiger partial charge in [-0.2, -0.15) is 0 Å². The van der Waals surface area contributed by atoms with E-state index in [0.717, 1.165) is 16.1 Å². The quantitative estimate of drug-likeness (QED) is 0.691. The van der Waals surface area contributed by atoms with Gasteiger partial charge in [-0.25, -0.2) is 9.97 Å². The molecule has 84 valence electrons. The molecule has 0 saturated heterocycles. The number of aromatic nitrogens is 2. The third kappa shape index (κ3) is 1.76. The standard InChI is InChI=1S/C13H10N2OS/c1-16-12-9(5-4-8-14-12)13-15-10-6-2-3-7-11(10)17-13/h2-8H,1H3. The fourth-order valence-corrected chi connectivity index (χ4v) is 2.69. The van der Waals surface area contributed by atoms with Crippen LogP contribution in [-0.4, -0.2) is 17.1 Å². The van der Waals surface area contributed by atoms with Gasteiger partial charge in [-0.05, 0) is 24.3 Å². The molecule has 3 nitrogen and oxygen atoms in total. The molecule has 1 aromatic carbocycles. The van der Waals surface area contributed by atoms with Crippen molar-refractivity contribution in [3.05, 3.63) is 42.6 Å². The van der Waals surface area contributed by atoms with E-state index in [1.165, 1.54) is 4.70 Å². The maximum Gasteiger partial charge on any atom is 0.223 e. The van der Waals surface area contributed by atoms with Crippen molar-refractivity contribution in [3.63, 3.8) is 0 Å². The van der Waals surface area contributed by atoms with Gasteiger partial charge in [-0.3, -0.25) is 0 Å². The van der Waals surface area contributed by atoms with E-state index in [-0.39, 0.29) is 0 Å². The Balaban J connectivity index is 2.20. The van der Waals surface area contributed by atoms with Crippen LogP contribution in [0, 0.1) is 0 Å². The summed E-state index contributed by atoms with van der Waals surface area (Å²) in [6.07, 6.45) is 1.72. The normalized spacial score (nSPS) is 10.6. The summed E-state index contributed by atoms with van der Waals surface area (Å²) in [5, 5.41) is 0.941. The van der Waals surface area contributed by atoms with Crippen LogP contribution in [-0.2, 0) is 0 Å². The molecular weight excluding hydrogens is 232 g/mol. The molecule has 0 atom stereocenters. The highest BCUT2D eigenvalue weighted by atomic mass is 32.1. The smallest absolute Gasteiger partial charge is 0.223 e. The molecule has 0 bridgehead atoms. The number of rotatable bonds is 2. The highest BCUT2D eigenvalue weighted by Gasteiger charge is 2.11. The Labute approximate surface area is 103 Å². The van der Waals surface area contributed by atoms with Gasteiger partial charge in [0.1, 0.15) is 5.01 Å². The Morgan fingerprint density at radius 1 is 1.12 bits per heavy atom. The van der Waals surface area contributed by atoms with Crippen molar-refractivity contribution < 1.29 is 4.74 Å². The number of hydrogen-bond donors (Lipinski definition) is 0. The van der Waals surface area contributed by atoms with E-state index in [0.29, 0.717) is 5.88 Å². The number of ether oxygens (including phenoxy) is 1. The highest BCUT2D eigenvalue weighted by molar-refractivity contribution is 7.21. The lowest BCUT2D eigenvalue weighted by molar-refractivity contribution is 0.399. The van der Waals surface area contributed by atoms with E-state index < -0.39 is 0 Å². The SMILES string of the molecule is COc1ncccc1-c1nc2ccccc2s1. The maximum absolute atomic E-state index is 5.25. The van der Waals surface area contributed by atoms with Crippen molar-refractivity contribution in [1.29, 1.82) is 0 Å². The number of methoxy groups -OCH3 is 1. The molecule has 0 aliphatic carbocycles. The molecule has 2 heterocycles. The molecule has 0 radical (unpaired) electrons. The summed E-state index contributed by atoms with van der Waals surface area (Å²) in [5.41, 5.74) is 1.95. The van der Waals surface area contributed by atoms with Gasteiger partial charge in [0.05, 0.1) is 22.9 Å². The first-order valence-electron chi connectivity index (χ1n) is 5.23. The molecule has 17 heavy (non-hydrogen) atoms. The summed E-state index contributed by atoms with van der Waals surface area (Å²) in [6, 6.07) is 12.0. The average Bonchev–Trinajstić information content (AvgIpc) is 2.82. The molecule has 0 unspecified atom stereocenters. The van der Waals surface area contributed by atoms with E-state index in [2.05, 4.69) is 16.0 Å². The minimum absolute atomic E-state index is 0.617. The monoisotopic (exact) mass is 242 g/mol. The first-order chi connectivity index (χ1) is 8.38. The number of benzene rings is 1. The minimum Gasteiger partial charge on any atom is -0.480 e. The summed E-state index contributed by atoms with van der Waals surface area (Å²) < 4.78 is 6.43. The number of nitrogens with zero attached hydrogens (tertiary/aromatic N) is 2. The summed E-state index contributed by atoms with van der Waals surface area (Å²) >= 11 is 1.65. The molecule has 0 amide bonds. The van der Waals surface area contributed by atoms with Gasteiger partial charge < -0.3 is 4.74 Å². The van der Waals surface area contributed by atoms with Gasteiger partial charge in [-0.1, -0.05) is 12.1 Å². The summed E-state index contributed by atoms with van der Waals surface area (Å²) in [5.74, 6) is 0.617. The third-order valence-corrected chi connectivity index (χ3v) is 3.56. The number of thiazole rings is 1. The number of pyridine rings is 1. The van der Waals surface area contributed by atoms with Gasteiger partial charge in [-0.15, -0.1) is 11.3 Å². The summed E-state index contributed by atoms with van der Waals surface area (Å²) in [7, 11) is 1.62. The fourth-order valence-electron chi connectivity index (χ4n) is 1.70. The largest absolute Gasteiger partial charge is 0.480 e. The van der Waals surface area contributed by atoms with Crippen LogP contribution in [0.15, 0.2) is 42.6 Å². The topological polar surface area (TPSA) is 35.0 Å². The molecule has 4 heteroatoms. The lowest BCUT2D eigenvalue weighted by Crippen LogP contribution is -1.89. The lowest BCUT2D eigenvalue weighted by Gasteiger charge is -2.02. The van der Waals surface area contributed by atoms with Gasteiger partial charge >= 0.3 is 0 Å². The van der Waals surface area contributed by atoms with E-state index >= 15 is 0 Å². The first kappa shape index (κ1) is 10.2. The zero-order valence-corrected chi connectivity index (χ0v) is 10.1. The zero-order chi connectivity index (χ0) is 11.7. The molecule has 0 spiro atoms. The van der Waals surface area contributed by atoms with Gasteiger partial charge in [0.2, 0.25) is 5.88 Å². The Kier molecular flexibility index (Phi) is 2.49. The molecule has 3 rings (SSSR count). The predicted molar refractivity (Wildman–Crippen MR) is 69.4 cm³/mol. The average molecular weight is 242 g/mol. The summed E-state index contributed by atoms with van der Waals surface area (Å²) in [4.78, 5) is 8.78. The Morgan fingerprint density at radius 3 is 2.82 bits per heavy atom. The van der Waals surface area contributed by atoms with Crippen LogP contribution in [0.25, 0.3) is 20.8 Å². The molecular formula is C13H10N2OS. The Morgan fingerprint density at radius 2 is 2.00 bits per heavy atom. The van der Waals surface area contributed by atoms with Crippen molar-refractivity contribution in [3.8, 4) is 16.5 Å². The second kappa shape index (κ2) is 4.14. The van der Waals surface area contributed by atoms with E-state index in [4.69, 9.17) is 4.74 Å². The van der Waals surface area contributed by atoms with Crippen molar-refractivity contribution in [2.24, 2.45) is 0 Å². The number of fused-ring (bicyclic) bond motifs is 1. The molecule has 0 N–H and O–H groups in total. The van der Waals surface area contributed by atoms with Crippen molar-refractivity contribution in [2.45, 2.75) is 0 Å². The van der Waals surface area contributed by atoms with Crippen LogP contribution in [0.3, 0.4) is 0 Å². The molecule has 3 aromatic rings.